The summed E-state index contributed by atoms with van der Waals surface area (Å²) in [5.74, 6) is -0.0908. The number of nitrogens with one attached hydrogen (secondary N) is 1. The number of H-pyrrole nitrogens is 1. The SMILES string of the molecule is CCCN(C(=O)CSc1c(C)cc(C)cc1C)c1c(N)n(Cc2ccccc2)c(=O)[nH]c1=O. The third-order valence-corrected chi connectivity index (χ3v) is 6.68. The number of hydrogen-bond acceptors (Lipinski definition) is 5. The molecule has 0 saturated carbocycles. The molecule has 8 heteroatoms. The molecule has 0 aliphatic rings. The van der Waals surface area contributed by atoms with Crippen LogP contribution >= 0.6 is 11.8 Å². The van der Waals surface area contributed by atoms with Gasteiger partial charge in [0.1, 0.15) is 5.82 Å². The highest BCUT2D eigenvalue weighted by Crippen LogP contribution is 2.28. The quantitative estimate of drug-likeness (QED) is 0.494. The largest absolute Gasteiger partial charge is 0.383 e. The number of nitrogens with zero attached hydrogens (tertiary/aromatic N) is 2. The zero-order valence-electron chi connectivity index (χ0n) is 19.5. The second-order valence-corrected chi connectivity index (χ2v) is 9.11. The maximum Gasteiger partial charge on any atom is 0.330 e. The lowest BCUT2D eigenvalue weighted by molar-refractivity contribution is -0.116. The molecular weight excluding hydrogens is 436 g/mol. The minimum atomic E-state index is -0.656. The first-order valence-electron chi connectivity index (χ1n) is 10.9. The second-order valence-electron chi connectivity index (χ2n) is 8.13. The minimum Gasteiger partial charge on any atom is -0.383 e. The lowest BCUT2D eigenvalue weighted by atomic mass is 10.1. The van der Waals surface area contributed by atoms with Crippen LogP contribution < -0.4 is 21.9 Å². The molecule has 0 bridgehead atoms. The van der Waals surface area contributed by atoms with Crippen LogP contribution in [0.5, 0.6) is 0 Å². The van der Waals surface area contributed by atoms with E-state index in [1.807, 2.05) is 58.0 Å². The summed E-state index contributed by atoms with van der Waals surface area (Å²) in [5, 5.41) is 0. The molecule has 3 N–H and O–H groups in total. The van der Waals surface area contributed by atoms with Gasteiger partial charge >= 0.3 is 5.69 Å². The fourth-order valence-electron chi connectivity index (χ4n) is 3.95. The highest BCUT2D eigenvalue weighted by Gasteiger charge is 2.24. The first-order valence-corrected chi connectivity index (χ1v) is 11.9. The van der Waals surface area contributed by atoms with E-state index in [4.69, 9.17) is 5.73 Å². The van der Waals surface area contributed by atoms with Crippen molar-refractivity contribution in [3.8, 4) is 0 Å². The molecule has 0 aliphatic heterocycles. The number of carbonyl (C=O) groups excluding carboxylic acids is 1. The highest BCUT2D eigenvalue weighted by molar-refractivity contribution is 8.00. The van der Waals surface area contributed by atoms with Crippen LogP contribution in [0.1, 0.15) is 35.6 Å². The fourth-order valence-corrected chi connectivity index (χ4v) is 4.95. The van der Waals surface area contributed by atoms with Crippen molar-refractivity contribution in [3.05, 3.63) is 85.6 Å². The van der Waals surface area contributed by atoms with Crippen LogP contribution in [0.2, 0.25) is 0 Å². The normalized spacial score (nSPS) is 10.9. The summed E-state index contributed by atoms with van der Waals surface area (Å²) in [4.78, 5) is 43.3. The van der Waals surface area contributed by atoms with Crippen molar-refractivity contribution in [1.82, 2.24) is 9.55 Å². The van der Waals surface area contributed by atoms with Gasteiger partial charge in [-0.2, -0.15) is 0 Å². The lowest BCUT2D eigenvalue weighted by Gasteiger charge is -2.24. The number of rotatable bonds is 8. The van der Waals surface area contributed by atoms with Crippen LogP contribution in [0.3, 0.4) is 0 Å². The summed E-state index contributed by atoms with van der Waals surface area (Å²) < 4.78 is 1.30. The molecule has 0 radical (unpaired) electrons. The maximum absolute atomic E-state index is 13.3. The third kappa shape index (κ3) is 5.57. The van der Waals surface area contributed by atoms with Crippen molar-refractivity contribution >= 4 is 29.2 Å². The Balaban J connectivity index is 1.94. The van der Waals surface area contributed by atoms with Gasteiger partial charge in [0.2, 0.25) is 5.91 Å². The Hall–Kier alpha value is -3.26. The second kappa shape index (κ2) is 10.6. The van der Waals surface area contributed by atoms with Gasteiger partial charge in [-0.1, -0.05) is 55.0 Å². The zero-order valence-corrected chi connectivity index (χ0v) is 20.3. The molecule has 0 atom stereocenters. The Bertz CT molecular complexity index is 1240. The molecule has 1 amide bonds. The number of nitrogen functional groups attached to an aromatic ring is 1. The number of thioether (sulfide) groups is 1. The molecule has 3 rings (SSSR count). The number of aryl methyl sites for hydroxylation is 3. The molecule has 1 heterocycles. The summed E-state index contributed by atoms with van der Waals surface area (Å²) in [6, 6.07) is 13.5. The monoisotopic (exact) mass is 466 g/mol. The first-order chi connectivity index (χ1) is 15.7. The van der Waals surface area contributed by atoms with E-state index in [1.54, 1.807) is 0 Å². The molecule has 0 unspecified atom stereocenters. The van der Waals surface area contributed by atoms with E-state index in [0.717, 1.165) is 21.6 Å². The number of amides is 1. The molecular formula is C25H30N4O3S. The van der Waals surface area contributed by atoms with Crippen molar-refractivity contribution in [3.63, 3.8) is 0 Å². The average molecular weight is 467 g/mol. The number of hydrogen-bond donors (Lipinski definition) is 2. The van der Waals surface area contributed by atoms with Crippen molar-refractivity contribution < 1.29 is 4.79 Å². The Morgan fingerprint density at radius 2 is 1.73 bits per heavy atom. The molecule has 0 spiro atoms. The van der Waals surface area contributed by atoms with Gasteiger partial charge in [0.25, 0.3) is 5.56 Å². The molecule has 33 heavy (non-hydrogen) atoms. The molecule has 0 saturated heterocycles. The molecule has 7 nitrogen and oxygen atoms in total. The Labute approximate surface area is 197 Å². The predicted molar refractivity (Wildman–Crippen MR) is 135 cm³/mol. The van der Waals surface area contributed by atoms with E-state index in [1.165, 1.54) is 26.8 Å². The molecule has 1 aromatic heterocycles. The molecule has 2 aromatic carbocycles. The average Bonchev–Trinajstić information content (AvgIpc) is 2.75. The van der Waals surface area contributed by atoms with Crippen LogP contribution in [-0.2, 0) is 11.3 Å². The van der Waals surface area contributed by atoms with Gasteiger partial charge in [-0.3, -0.25) is 19.1 Å². The van der Waals surface area contributed by atoms with E-state index >= 15 is 0 Å². The lowest BCUT2D eigenvalue weighted by Crippen LogP contribution is -2.42. The fraction of sp³-hybridized carbons (Fsp3) is 0.320. The van der Waals surface area contributed by atoms with E-state index in [-0.39, 0.29) is 29.7 Å². The Morgan fingerprint density at radius 3 is 2.33 bits per heavy atom. The van der Waals surface area contributed by atoms with Crippen molar-refractivity contribution in [1.29, 1.82) is 0 Å². The van der Waals surface area contributed by atoms with Crippen LogP contribution in [0, 0.1) is 20.8 Å². The minimum absolute atomic E-state index is 0.0119. The molecule has 0 aliphatic carbocycles. The summed E-state index contributed by atoms with van der Waals surface area (Å²) in [7, 11) is 0. The summed E-state index contributed by atoms with van der Waals surface area (Å²) in [6.45, 7) is 8.54. The molecule has 3 aromatic rings. The standard InChI is InChI=1S/C25H30N4O3S/c1-5-11-28(20(30)15-33-22-17(3)12-16(2)13-18(22)4)21-23(26)29(25(32)27-24(21)31)14-19-9-7-6-8-10-19/h6-10,12-13H,5,11,14-15,26H2,1-4H3,(H,27,31,32). The van der Waals surface area contributed by atoms with Gasteiger partial charge in [-0.05, 0) is 43.9 Å². The van der Waals surface area contributed by atoms with Crippen LogP contribution in [0.4, 0.5) is 11.5 Å². The van der Waals surface area contributed by atoms with E-state index < -0.39 is 11.2 Å². The van der Waals surface area contributed by atoms with Crippen molar-refractivity contribution in [2.75, 3.05) is 22.9 Å². The van der Waals surface area contributed by atoms with Gasteiger partial charge in [0, 0.05) is 11.4 Å². The maximum atomic E-state index is 13.3. The topological polar surface area (TPSA) is 101 Å². The number of anilines is 2. The highest BCUT2D eigenvalue weighted by atomic mass is 32.2. The van der Waals surface area contributed by atoms with Crippen molar-refractivity contribution in [2.24, 2.45) is 0 Å². The number of aromatic nitrogens is 2. The van der Waals surface area contributed by atoms with Gasteiger partial charge in [0.15, 0.2) is 5.69 Å². The predicted octanol–water partition coefficient (Wildman–Crippen LogP) is 3.63. The zero-order chi connectivity index (χ0) is 24.1. The number of carbonyl (C=O) groups is 1. The van der Waals surface area contributed by atoms with Gasteiger partial charge in [-0.15, -0.1) is 11.8 Å². The van der Waals surface area contributed by atoms with Crippen LogP contribution in [0.15, 0.2) is 56.9 Å². The molecule has 174 valence electrons. The Kier molecular flexibility index (Phi) is 7.81. The van der Waals surface area contributed by atoms with E-state index in [0.29, 0.717) is 13.0 Å². The summed E-state index contributed by atoms with van der Waals surface area (Å²) >= 11 is 1.45. The van der Waals surface area contributed by atoms with Gasteiger partial charge < -0.3 is 10.6 Å². The van der Waals surface area contributed by atoms with Crippen LogP contribution in [-0.4, -0.2) is 27.8 Å². The number of nitrogens with two attached hydrogens (primary N) is 1. The van der Waals surface area contributed by atoms with Crippen LogP contribution in [0.25, 0.3) is 0 Å². The number of aromatic amines is 1. The van der Waals surface area contributed by atoms with Gasteiger partial charge in [-0.25, -0.2) is 4.79 Å². The first kappa shape index (κ1) is 24.4. The third-order valence-electron chi connectivity index (χ3n) is 5.36. The van der Waals surface area contributed by atoms with E-state index in [2.05, 4.69) is 17.1 Å². The van der Waals surface area contributed by atoms with Gasteiger partial charge in [0.05, 0.1) is 12.3 Å². The smallest absolute Gasteiger partial charge is 0.330 e. The summed E-state index contributed by atoms with van der Waals surface area (Å²) in [6.07, 6.45) is 0.635. The van der Waals surface area contributed by atoms with Crippen molar-refractivity contribution in [2.45, 2.75) is 45.6 Å². The number of benzene rings is 2. The summed E-state index contributed by atoms with van der Waals surface area (Å²) in [5.41, 5.74) is 9.34. The Morgan fingerprint density at radius 1 is 1.09 bits per heavy atom. The molecule has 0 fully saturated rings. The van der Waals surface area contributed by atoms with E-state index in [9.17, 15) is 14.4 Å².